The van der Waals surface area contributed by atoms with E-state index in [1.807, 2.05) is 39.1 Å². The van der Waals surface area contributed by atoms with Gasteiger partial charge in [-0.2, -0.15) is 0 Å². The van der Waals surface area contributed by atoms with Crippen LogP contribution in [0.1, 0.15) is 45.7 Å². The number of aryl methyl sites for hydroxylation is 3. The number of aromatic nitrogens is 3. The lowest BCUT2D eigenvalue weighted by Crippen LogP contribution is -2.43. The third-order valence-electron chi connectivity index (χ3n) is 7.69. The lowest BCUT2D eigenvalue weighted by atomic mass is 9.98. The third-order valence-corrected chi connectivity index (χ3v) is 7.69. The molecule has 1 aliphatic heterocycles. The van der Waals surface area contributed by atoms with Crippen molar-refractivity contribution < 1.29 is 9.53 Å². The Bertz CT molecular complexity index is 1580. The summed E-state index contributed by atoms with van der Waals surface area (Å²) >= 11 is 0. The normalized spacial score (nSPS) is 14.5. The third kappa shape index (κ3) is 5.52. The summed E-state index contributed by atoms with van der Waals surface area (Å²) in [4.78, 5) is 36.2. The monoisotopic (exact) mass is 542 g/mol. The minimum Gasteiger partial charge on any atom is -0.383 e. The summed E-state index contributed by atoms with van der Waals surface area (Å²) in [6.45, 7) is 12.3. The molecule has 0 aliphatic carbocycles. The fourth-order valence-electron chi connectivity index (χ4n) is 5.62. The highest BCUT2D eigenvalue weighted by Gasteiger charge is 2.21. The molecular formula is C31H38N6O3. The minimum absolute atomic E-state index is 0.0781. The van der Waals surface area contributed by atoms with Gasteiger partial charge in [-0.25, -0.2) is 4.98 Å². The molecular weight excluding hydrogens is 504 g/mol. The Hall–Kier alpha value is -3.95. The van der Waals surface area contributed by atoms with E-state index in [1.54, 1.807) is 7.11 Å². The molecule has 1 amide bonds. The molecule has 0 bridgehead atoms. The number of nitrogens with one attached hydrogen (secondary N) is 3. The summed E-state index contributed by atoms with van der Waals surface area (Å²) in [5.41, 5.74) is 6.41. The summed E-state index contributed by atoms with van der Waals surface area (Å²) in [6, 6.07) is 10.2. The zero-order valence-electron chi connectivity index (χ0n) is 23.9. The van der Waals surface area contributed by atoms with Gasteiger partial charge in [0.1, 0.15) is 5.82 Å². The van der Waals surface area contributed by atoms with Crippen molar-refractivity contribution in [3.05, 3.63) is 81.0 Å². The molecule has 4 heterocycles. The largest absolute Gasteiger partial charge is 0.383 e. The van der Waals surface area contributed by atoms with Crippen molar-refractivity contribution >= 4 is 22.6 Å². The van der Waals surface area contributed by atoms with Crippen molar-refractivity contribution in [3.63, 3.8) is 0 Å². The second-order valence-electron chi connectivity index (χ2n) is 10.7. The SMILES string of the molecule is COC[C@H](C)n1cc(C)c2c(C(=O)NCc3c(C)cc(C)[nH]c3=O)cc(-c3ccc(N4CCNCC4)nc3)cc21. The molecule has 5 rings (SSSR count). The number of anilines is 1. The number of H-pyrrole nitrogens is 1. The van der Waals surface area contributed by atoms with Crippen molar-refractivity contribution in [3.8, 4) is 11.1 Å². The molecule has 1 atom stereocenters. The van der Waals surface area contributed by atoms with Crippen LogP contribution in [0.25, 0.3) is 22.0 Å². The predicted octanol–water partition coefficient (Wildman–Crippen LogP) is 3.86. The number of benzene rings is 1. The minimum atomic E-state index is -0.225. The van der Waals surface area contributed by atoms with Crippen LogP contribution in [-0.2, 0) is 11.3 Å². The van der Waals surface area contributed by atoms with Crippen molar-refractivity contribution in [2.75, 3.05) is 44.8 Å². The van der Waals surface area contributed by atoms with E-state index in [4.69, 9.17) is 9.72 Å². The number of amides is 1. The summed E-state index contributed by atoms with van der Waals surface area (Å²) in [6.07, 6.45) is 3.96. The Morgan fingerprint density at radius 2 is 1.88 bits per heavy atom. The summed E-state index contributed by atoms with van der Waals surface area (Å²) in [5.74, 6) is 0.729. The first-order valence-corrected chi connectivity index (χ1v) is 13.8. The van der Waals surface area contributed by atoms with E-state index in [-0.39, 0.29) is 24.1 Å². The molecule has 0 spiro atoms. The average molecular weight is 543 g/mol. The smallest absolute Gasteiger partial charge is 0.253 e. The molecule has 1 aromatic carbocycles. The van der Waals surface area contributed by atoms with E-state index >= 15 is 0 Å². The molecule has 4 aromatic rings. The number of carbonyl (C=O) groups excluding carboxylic acids is 1. The number of carbonyl (C=O) groups is 1. The number of ether oxygens (including phenoxy) is 1. The lowest BCUT2D eigenvalue weighted by molar-refractivity contribution is 0.0952. The van der Waals surface area contributed by atoms with Gasteiger partial charge in [-0.05, 0) is 74.7 Å². The molecule has 1 saturated heterocycles. The second kappa shape index (κ2) is 11.7. The van der Waals surface area contributed by atoms with E-state index in [9.17, 15) is 9.59 Å². The zero-order chi connectivity index (χ0) is 28.4. The molecule has 1 aliphatic rings. The number of rotatable bonds is 8. The van der Waals surface area contributed by atoms with Gasteiger partial charge in [-0.15, -0.1) is 0 Å². The van der Waals surface area contributed by atoms with Gasteiger partial charge in [0, 0.05) is 80.0 Å². The van der Waals surface area contributed by atoms with Gasteiger partial charge in [0.2, 0.25) is 0 Å². The van der Waals surface area contributed by atoms with Gasteiger partial charge in [0.15, 0.2) is 0 Å². The van der Waals surface area contributed by atoms with Crippen LogP contribution >= 0.6 is 0 Å². The molecule has 9 nitrogen and oxygen atoms in total. The number of hydrogen-bond acceptors (Lipinski definition) is 6. The molecule has 9 heteroatoms. The number of nitrogens with zero attached hydrogens (tertiary/aromatic N) is 3. The summed E-state index contributed by atoms with van der Waals surface area (Å²) < 4.78 is 7.62. The number of piperazine rings is 1. The van der Waals surface area contributed by atoms with E-state index in [2.05, 4.69) is 56.4 Å². The Morgan fingerprint density at radius 1 is 1.10 bits per heavy atom. The van der Waals surface area contributed by atoms with E-state index in [0.29, 0.717) is 17.7 Å². The molecule has 0 radical (unpaired) electrons. The fourth-order valence-corrected chi connectivity index (χ4v) is 5.62. The van der Waals surface area contributed by atoms with Gasteiger partial charge >= 0.3 is 0 Å². The van der Waals surface area contributed by atoms with Gasteiger partial charge < -0.3 is 29.8 Å². The highest BCUT2D eigenvalue weighted by atomic mass is 16.5. The fraction of sp³-hybridized carbons (Fsp3) is 0.387. The van der Waals surface area contributed by atoms with Crippen LogP contribution < -0.4 is 21.1 Å². The standard InChI is InChI=1S/C31H38N6O3/c1-19-12-21(3)35-31(39)26(19)16-34-30(38)25-13-24(14-27-29(25)20(2)17-37(27)22(4)18-40-5)23-6-7-28(33-15-23)36-10-8-32-9-11-36/h6-7,12-15,17,22,32H,8-11,16,18H2,1-5H3,(H,34,38)(H,35,39)/t22-/m0/s1. The van der Waals surface area contributed by atoms with Crippen molar-refractivity contribution in [1.29, 1.82) is 0 Å². The van der Waals surface area contributed by atoms with Crippen LogP contribution in [0.15, 0.2) is 47.5 Å². The second-order valence-corrected chi connectivity index (χ2v) is 10.7. The molecule has 210 valence electrons. The van der Waals surface area contributed by atoms with Crippen molar-refractivity contribution in [2.24, 2.45) is 0 Å². The van der Waals surface area contributed by atoms with Crippen LogP contribution in [-0.4, -0.2) is 60.3 Å². The van der Waals surface area contributed by atoms with E-state index < -0.39 is 0 Å². The first-order chi connectivity index (χ1) is 19.3. The van der Waals surface area contributed by atoms with Crippen LogP contribution in [0.3, 0.4) is 0 Å². The van der Waals surface area contributed by atoms with Crippen molar-refractivity contribution in [1.82, 2.24) is 25.2 Å². The number of methoxy groups -OCH3 is 1. The van der Waals surface area contributed by atoms with Crippen LogP contribution in [0.2, 0.25) is 0 Å². The Labute approximate surface area is 234 Å². The predicted molar refractivity (Wildman–Crippen MR) is 159 cm³/mol. The maximum Gasteiger partial charge on any atom is 0.253 e. The molecule has 0 saturated carbocycles. The Kier molecular flexibility index (Phi) is 8.04. The Balaban J connectivity index is 1.54. The zero-order valence-corrected chi connectivity index (χ0v) is 23.9. The van der Waals surface area contributed by atoms with Crippen LogP contribution in [0, 0.1) is 20.8 Å². The first-order valence-electron chi connectivity index (χ1n) is 13.8. The molecule has 3 aromatic heterocycles. The number of fused-ring (bicyclic) bond motifs is 1. The maximum atomic E-state index is 13.7. The van der Waals surface area contributed by atoms with E-state index in [1.165, 1.54) is 0 Å². The summed E-state index contributed by atoms with van der Waals surface area (Å²) in [5, 5.41) is 7.27. The number of aromatic amines is 1. The topological polar surface area (TPSA) is 104 Å². The quantitative estimate of drug-likeness (QED) is 0.312. The molecule has 0 unspecified atom stereocenters. The lowest BCUT2D eigenvalue weighted by Gasteiger charge is -2.28. The van der Waals surface area contributed by atoms with Gasteiger partial charge in [0.25, 0.3) is 11.5 Å². The van der Waals surface area contributed by atoms with Crippen LogP contribution in [0.5, 0.6) is 0 Å². The van der Waals surface area contributed by atoms with Gasteiger partial charge in [-0.3, -0.25) is 9.59 Å². The molecule has 1 fully saturated rings. The van der Waals surface area contributed by atoms with Gasteiger partial charge in [-0.1, -0.05) is 0 Å². The number of pyridine rings is 2. The first kappa shape index (κ1) is 27.6. The van der Waals surface area contributed by atoms with Gasteiger partial charge in [0.05, 0.1) is 18.2 Å². The van der Waals surface area contributed by atoms with Crippen molar-refractivity contribution in [2.45, 2.75) is 40.3 Å². The Morgan fingerprint density at radius 3 is 2.55 bits per heavy atom. The number of hydrogen-bond donors (Lipinski definition) is 3. The molecule has 40 heavy (non-hydrogen) atoms. The molecule has 3 N–H and O–H groups in total. The summed E-state index contributed by atoms with van der Waals surface area (Å²) in [7, 11) is 1.69. The highest BCUT2D eigenvalue weighted by molar-refractivity contribution is 6.09. The average Bonchev–Trinajstić information content (AvgIpc) is 3.29. The van der Waals surface area contributed by atoms with Crippen LogP contribution in [0.4, 0.5) is 5.82 Å². The maximum absolute atomic E-state index is 13.7. The highest BCUT2D eigenvalue weighted by Crippen LogP contribution is 2.33. The van der Waals surface area contributed by atoms with E-state index in [0.717, 1.165) is 70.8 Å².